The Morgan fingerprint density at radius 3 is 2.00 bits per heavy atom. The van der Waals surface area contributed by atoms with E-state index in [1.807, 2.05) is 5.92 Å². The molecule has 0 aliphatic rings. The number of hydrogen-bond acceptors (Lipinski definition) is 0. The molecule has 0 heteroatoms. The number of unbranched alkanes of at least 4 members (excludes halogenated alkanes) is 2. The van der Waals surface area contributed by atoms with Crippen LogP contribution < -0.4 is 0 Å². The summed E-state index contributed by atoms with van der Waals surface area (Å²) in [6.45, 7) is 14.0. The molecule has 0 saturated heterocycles. The molecule has 17 heavy (non-hydrogen) atoms. The summed E-state index contributed by atoms with van der Waals surface area (Å²) in [6.07, 6.45) is 11.0. The zero-order chi connectivity index (χ0) is 13.3. The summed E-state index contributed by atoms with van der Waals surface area (Å²) in [4.78, 5) is 0. The summed E-state index contributed by atoms with van der Waals surface area (Å²) < 4.78 is 0. The van der Waals surface area contributed by atoms with Crippen molar-refractivity contribution in [3.8, 4) is 0 Å². The molecule has 0 unspecified atom stereocenters. The molecule has 0 N–H and O–H groups in total. The molecule has 0 aliphatic heterocycles. The molecule has 0 amide bonds. The van der Waals surface area contributed by atoms with Gasteiger partial charge in [0.1, 0.15) is 0 Å². The topological polar surface area (TPSA) is 0 Å². The second-order valence-electron chi connectivity index (χ2n) is 7.22. The minimum atomic E-state index is 0.516. The fourth-order valence-electron chi connectivity index (χ4n) is 2.36. The van der Waals surface area contributed by atoms with E-state index in [1.54, 1.807) is 0 Å². The highest BCUT2D eigenvalue weighted by Gasteiger charge is 2.13. The molecule has 0 heterocycles. The molecule has 0 fully saturated rings. The van der Waals surface area contributed by atoms with Gasteiger partial charge in [0.2, 0.25) is 0 Å². The van der Waals surface area contributed by atoms with E-state index in [0.717, 1.165) is 5.92 Å². The van der Waals surface area contributed by atoms with Crippen LogP contribution in [0.4, 0.5) is 0 Å². The van der Waals surface area contributed by atoms with Crippen molar-refractivity contribution in [2.24, 2.45) is 11.3 Å². The van der Waals surface area contributed by atoms with E-state index in [1.165, 1.54) is 51.4 Å². The van der Waals surface area contributed by atoms with Gasteiger partial charge in [0.25, 0.3) is 0 Å². The maximum atomic E-state index is 2.35. The van der Waals surface area contributed by atoms with Crippen LogP contribution in [0.3, 0.4) is 0 Å². The molecule has 0 atom stereocenters. The van der Waals surface area contributed by atoms with Gasteiger partial charge in [-0.05, 0) is 42.9 Å². The third-order valence-corrected chi connectivity index (χ3v) is 3.29. The monoisotopic (exact) mass is 239 g/mol. The Kier molecular flexibility index (Phi) is 9.00. The average Bonchev–Trinajstić information content (AvgIpc) is 2.18. The molecule has 0 bridgehead atoms. The van der Waals surface area contributed by atoms with Crippen LogP contribution in [0.25, 0.3) is 0 Å². The van der Waals surface area contributed by atoms with E-state index in [0.29, 0.717) is 5.41 Å². The maximum Gasteiger partial charge on any atom is -0.0238 e. The number of hydrogen-bond donors (Lipinski definition) is 0. The number of rotatable bonds is 9. The minimum Gasteiger partial charge on any atom is -0.0654 e. The molecule has 1 radical (unpaired) electrons. The molecule has 103 valence electrons. The molecule has 0 aromatic carbocycles. The summed E-state index contributed by atoms with van der Waals surface area (Å²) in [5, 5.41) is 0. The predicted octanol–water partition coefficient (Wildman–Crippen LogP) is 6.40. The van der Waals surface area contributed by atoms with Crippen LogP contribution in [-0.2, 0) is 0 Å². The van der Waals surface area contributed by atoms with Gasteiger partial charge >= 0.3 is 0 Å². The summed E-state index contributed by atoms with van der Waals surface area (Å²) in [5.74, 6) is 2.67. The third kappa shape index (κ3) is 12.2. The summed E-state index contributed by atoms with van der Waals surface area (Å²) in [6, 6.07) is 0. The van der Waals surface area contributed by atoms with E-state index < -0.39 is 0 Å². The third-order valence-electron chi connectivity index (χ3n) is 3.29. The Morgan fingerprint density at radius 2 is 1.53 bits per heavy atom. The molecule has 0 saturated carbocycles. The lowest BCUT2D eigenvalue weighted by molar-refractivity contribution is 0.356. The van der Waals surface area contributed by atoms with Gasteiger partial charge in [-0.3, -0.25) is 0 Å². The molecular weight excluding hydrogens is 204 g/mol. The quantitative estimate of drug-likeness (QED) is 0.408. The summed E-state index contributed by atoms with van der Waals surface area (Å²) in [5.41, 5.74) is 0.516. The van der Waals surface area contributed by atoms with Crippen molar-refractivity contribution < 1.29 is 0 Å². The Bertz CT molecular complexity index is 161. The van der Waals surface area contributed by atoms with Crippen LogP contribution in [0.1, 0.15) is 92.9 Å². The lowest BCUT2D eigenvalue weighted by Gasteiger charge is -2.20. The lowest BCUT2D eigenvalue weighted by Crippen LogP contribution is -2.06. The van der Waals surface area contributed by atoms with Gasteiger partial charge < -0.3 is 0 Å². The molecule has 0 aromatic heterocycles. The molecule has 0 rings (SSSR count). The van der Waals surface area contributed by atoms with Gasteiger partial charge in [0, 0.05) is 0 Å². The van der Waals surface area contributed by atoms with E-state index in [4.69, 9.17) is 0 Å². The first-order valence-electron chi connectivity index (χ1n) is 7.68. The van der Waals surface area contributed by atoms with Gasteiger partial charge in [-0.2, -0.15) is 0 Å². The van der Waals surface area contributed by atoms with Crippen LogP contribution in [-0.4, -0.2) is 0 Å². The fraction of sp³-hybridized carbons (Fsp3) is 0.941. The zero-order valence-corrected chi connectivity index (χ0v) is 13.2. The van der Waals surface area contributed by atoms with Gasteiger partial charge in [-0.15, -0.1) is 0 Å². The van der Waals surface area contributed by atoms with Crippen LogP contribution >= 0.6 is 0 Å². The predicted molar refractivity (Wildman–Crippen MR) is 80.1 cm³/mol. The second kappa shape index (κ2) is 9.00. The summed E-state index contributed by atoms with van der Waals surface area (Å²) in [7, 11) is 0. The van der Waals surface area contributed by atoms with Gasteiger partial charge in [-0.1, -0.05) is 67.2 Å². The zero-order valence-electron chi connectivity index (χ0n) is 13.2. The van der Waals surface area contributed by atoms with E-state index in [9.17, 15) is 0 Å². The Hall–Kier alpha value is 0. The molecular formula is C17H35. The molecule has 0 spiro atoms. The maximum absolute atomic E-state index is 2.35. The van der Waals surface area contributed by atoms with Gasteiger partial charge in [0.15, 0.2) is 0 Å². The molecule has 0 aromatic rings. The van der Waals surface area contributed by atoms with Crippen LogP contribution in [0.15, 0.2) is 0 Å². The highest BCUT2D eigenvalue weighted by Crippen LogP contribution is 2.28. The van der Waals surface area contributed by atoms with Crippen molar-refractivity contribution in [2.75, 3.05) is 0 Å². The van der Waals surface area contributed by atoms with Crippen molar-refractivity contribution in [3.05, 3.63) is 5.92 Å². The normalized spacial score (nSPS) is 12.7. The SMILES string of the molecule is CCCC[C](CCCCC(C)(C)C)CC(C)C. The van der Waals surface area contributed by atoms with Crippen molar-refractivity contribution >= 4 is 0 Å². The summed E-state index contributed by atoms with van der Waals surface area (Å²) >= 11 is 0. The lowest BCUT2D eigenvalue weighted by atomic mass is 9.85. The van der Waals surface area contributed by atoms with Crippen molar-refractivity contribution in [3.63, 3.8) is 0 Å². The fourth-order valence-corrected chi connectivity index (χ4v) is 2.36. The smallest absolute Gasteiger partial charge is 0.0238 e. The van der Waals surface area contributed by atoms with Gasteiger partial charge in [-0.25, -0.2) is 0 Å². The highest BCUT2D eigenvalue weighted by molar-refractivity contribution is 4.90. The van der Waals surface area contributed by atoms with Gasteiger partial charge in [0.05, 0.1) is 0 Å². The van der Waals surface area contributed by atoms with Crippen LogP contribution in [0.5, 0.6) is 0 Å². The second-order valence-corrected chi connectivity index (χ2v) is 7.22. The molecule has 0 nitrogen and oxygen atoms in total. The van der Waals surface area contributed by atoms with E-state index in [-0.39, 0.29) is 0 Å². The van der Waals surface area contributed by atoms with Crippen molar-refractivity contribution in [1.82, 2.24) is 0 Å². The average molecular weight is 239 g/mol. The first-order valence-corrected chi connectivity index (χ1v) is 7.68. The minimum absolute atomic E-state index is 0.516. The largest absolute Gasteiger partial charge is 0.0654 e. The Labute approximate surface area is 111 Å². The van der Waals surface area contributed by atoms with E-state index in [2.05, 4.69) is 41.5 Å². The standard InChI is InChI=1S/C17H35/c1-7-8-11-16(14-15(2)3)12-9-10-13-17(4,5)6/h15H,7-14H2,1-6H3. The van der Waals surface area contributed by atoms with Crippen molar-refractivity contribution in [1.29, 1.82) is 0 Å². The molecule has 0 aliphatic carbocycles. The Morgan fingerprint density at radius 1 is 0.941 bits per heavy atom. The van der Waals surface area contributed by atoms with Crippen LogP contribution in [0.2, 0.25) is 0 Å². The first kappa shape index (κ1) is 17.0. The first-order chi connectivity index (χ1) is 7.85. The highest BCUT2D eigenvalue weighted by atomic mass is 14.2. The van der Waals surface area contributed by atoms with Crippen LogP contribution in [0, 0.1) is 17.3 Å². The van der Waals surface area contributed by atoms with E-state index >= 15 is 0 Å². The Balaban J connectivity index is 3.75. The van der Waals surface area contributed by atoms with Crippen molar-refractivity contribution in [2.45, 2.75) is 92.9 Å².